The minimum absolute atomic E-state index is 0.483. The first-order valence-electron chi connectivity index (χ1n) is 6.96. The molecular formula is C15H17N3O2. The van der Waals surface area contributed by atoms with Gasteiger partial charge in [-0.15, -0.1) is 5.10 Å². The highest BCUT2D eigenvalue weighted by atomic mass is 16.4. The van der Waals surface area contributed by atoms with Gasteiger partial charge in [0.25, 0.3) is 0 Å². The molecular weight excluding hydrogens is 254 g/mol. The highest BCUT2D eigenvalue weighted by Crippen LogP contribution is 2.29. The lowest BCUT2D eigenvalue weighted by Crippen LogP contribution is -2.20. The zero-order valence-corrected chi connectivity index (χ0v) is 11.4. The Morgan fingerprint density at radius 1 is 1.40 bits per heavy atom. The van der Waals surface area contributed by atoms with Gasteiger partial charge in [0, 0.05) is 5.56 Å². The Hall–Kier alpha value is -2.17. The maximum Gasteiger partial charge on any atom is 0.328 e. The Kier molecular flexibility index (Phi) is 3.26. The van der Waals surface area contributed by atoms with Crippen molar-refractivity contribution < 1.29 is 9.90 Å². The molecule has 0 bridgehead atoms. The lowest BCUT2D eigenvalue weighted by molar-refractivity contribution is -0.141. The first kappa shape index (κ1) is 12.8. The predicted molar refractivity (Wildman–Crippen MR) is 74.4 cm³/mol. The van der Waals surface area contributed by atoms with Crippen LogP contribution < -0.4 is 0 Å². The van der Waals surface area contributed by atoms with Gasteiger partial charge < -0.3 is 5.11 Å². The first-order valence-corrected chi connectivity index (χ1v) is 6.96. The average molecular weight is 271 g/mol. The summed E-state index contributed by atoms with van der Waals surface area (Å²) in [5.41, 5.74) is 4.53. The van der Waals surface area contributed by atoms with Crippen LogP contribution in [0, 0.1) is 0 Å². The molecule has 1 aliphatic carbocycles. The molecule has 1 aliphatic rings. The second-order valence-electron chi connectivity index (χ2n) is 5.16. The normalized spacial score (nSPS) is 15.1. The number of nitrogens with zero attached hydrogens (tertiary/aromatic N) is 3. The second kappa shape index (κ2) is 5.07. The Bertz CT molecular complexity index is 648. The Morgan fingerprint density at radius 2 is 2.20 bits per heavy atom. The Balaban J connectivity index is 2.03. The van der Waals surface area contributed by atoms with Gasteiger partial charge in [-0.2, -0.15) is 0 Å². The van der Waals surface area contributed by atoms with E-state index in [0.29, 0.717) is 6.42 Å². The second-order valence-corrected chi connectivity index (χ2v) is 5.16. The molecule has 0 aliphatic heterocycles. The lowest BCUT2D eigenvalue weighted by atomic mass is 10.0. The topological polar surface area (TPSA) is 68.0 Å². The van der Waals surface area contributed by atoms with Crippen LogP contribution >= 0.6 is 0 Å². The molecule has 5 heteroatoms. The summed E-state index contributed by atoms with van der Waals surface area (Å²) in [6.45, 7) is 1.84. The summed E-state index contributed by atoms with van der Waals surface area (Å²) in [6, 6.07) is 5.65. The van der Waals surface area contributed by atoms with Crippen LogP contribution in [0.1, 0.15) is 36.9 Å². The van der Waals surface area contributed by atoms with E-state index in [0.717, 1.165) is 24.1 Å². The van der Waals surface area contributed by atoms with E-state index in [1.165, 1.54) is 22.2 Å². The molecule has 1 heterocycles. The maximum absolute atomic E-state index is 11.3. The van der Waals surface area contributed by atoms with Crippen LogP contribution in [0.2, 0.25) is 0 Å². The van der Waals surface area contributed by atoms with Crippen LogP contribution in [0.3, 0.4) is 0 Å². The Morgan fingerprint density at radius 3 is 2.95 bits per heavy atom. The summed E-state index contributed by atoms with van der Waals surface area (Å²) in [6.07, 6.45) is 5.56. The molecule has 104 valence electrons. The lowest BCUT2D eigenvalue weighted by Gasteiger charge is -2.13. The number of carboxylic acids is 1. The molecule has 1 atom stereocenters. The van der Waals surface area contributed by atoms with Crippen molar-refractivity contribution in [3.8, 4) is 11.3 Å². The van der Waals surface area contributed by atoms with Crippen molar-refractivity contribution >= 4 is 5.97 Å². The molecule has 1 aromatic carbocycles. The zero-order chi connectivity index (χ0) is 14.1. The molecule has 20 heavy (non-hydrogen) atoms. The van der Waals surface area contributed by atoms with Gasteiger partial charge in [0.15, 0.2) is 6.04 Å². The summed E-state index contributed by atoms with van der Waals surface area (Å²) in [7, 11) is 0. The molecule has 1 N–H and O–H groups in total. The largest absolute Gasteiger partial charge is 0.480 e. The molecule has 2 aromatic rings. The smallest absolute Gasteiger partial charge is 0.328 e. The number of fused-ring (bicyclic) bond motifs is 1. The number of rotatable bonds is 4. The fourth-order valence-corrected chi connectivity index (χ4v) is 2.86. The fourth-order valence-electron chi connectivity index (χ4n) is 2.86. The van der Waals surface area contributed by atoms with E-state index in [4.69, 9.17) is 0 Å². The number of aryl methyl sites for hydroxylation is 2. The standard InChI is InChI=1S/C15H17N3O2/c1-2-13(15(19)20)18-14(9-16-17-18)12-7-6-10-4-3-5-11(10)8-12/h6-9,13H,2-5H2,1H3,(H,19,20). The average Bonchev–Trinajstić information content (AvgIpc) is 3.06. The van der Waals surface area contributed by atoms with Gasteiger partial charge in [-0.05, 0) is 42.9 Å². The summed E-state index contributed by atoms with van der Waals surface area (Å²) in [5.74, 6) is -0.875. The molecule has 0 saturated heterocycles. The number of carboxylic acid groups (broad SMARTS) is 1. The predicted octanol–water partition coefficient (Wildman–Crippen LogP) is 2.47. The third kappa shape index (κ3) is 2.09. The van der Waals surface area contributed by atoms with Crippen LogP contribution in [0.25, 0.3) is 11.3 Å². The minimum Gasteiger partial charge on any atom is -0.480 e. The summed E-state index contributed by atoms with van der Waals surface area (Å²) < 4.78 is 1.51. The van der Waals surface area contributed by atoms with Crippen LogP contribution in [0.4, 0.5) is 0 Å². The van der Waals surface area contributed by atoms with E-state index >= 15 is 0 Å². The van der Waals surface area contributed by atoms with Crippen molar-refractivity contribution in [3.63, 3.8) is 0 Å². The number of aliphatic carboxylic acids is 1. The summed E-state index contributed by atoms with van der Waals surface area (Å²) in [4.78, 5) is 11.3. The third-order valence-electron chi connectivity index (χ3n) is 3.94. The van der Waals surface area contributed by atoms with E-state index < -0.39 is 12.0 Å². The molecule has 1 aromatic heterocycles. The van der Waals surface area contributed by atoms with Crippen molar-refractivity contribution in [1.82, 2.24) is 15.0 Å². The van der Waals surface area contributed by atoms with Crippen LogP contribution in [-0.4, -0.2) is 26.1 Å². The fraction of sp³-hybridized carbons (Fsp3) is 0.400. The molecule has 0 saturated carbocycles. The minimum atomic E-state index is -0.875. The molecule has 0 amide bonds. The van der Waals surface area contributed by atoms with E-state index in [1.54, 1.807) is 6.20 Å². The molecule has 5 nitrogen and oxygen atoms in total. The number of carbonyl (C=O) groups is 1. The monoisotopic (exact) mass is 271 g/mol. The van der Waals surface area contributed by atoms with Crippen LogP contribution in [0.15, 0.2) is 24.4 Å². The summed E-state index contributed by atoms with van der Waals surface area (Å²) in [5, 5.41) is 17.1. The summed E-state index contributed by atoms with van der Waals surface area (Å²) >= 11 is 0. The van der Waals surface area contributed by atoms with Gasteiger partial charge in [-0.1, -0.05) is 24.3 Å². The van der Waals surface area contributed by atoms with Crippen LogP contribution in [-0.2, 0) is 17.6 Å². The van der Waals surface area contributed by atoms with Crippen molar-refractivity contribution in [3.05, 3.63) is 35.5 Å². The molecule has 0 radical (unpaired) electrons. The molecule has 0 fully saturated rings. The maximum atomic E-state index is 11.3. The van der Waals surface area contributed by atoms with E-state index in [9.17, 15) is 9.90 Å². The molecule has 3 rings (SSSR count). The first-order chi connectivity index (χ1) is 9.70. The van der Waals surface area contributed by atoms with E-state index in [-0.39, 0.29) is 0 Å². The zero-order valence-electron chi connectivity index (χ0n) is 11.4. The van der Waals surface area contributed by atoms with E-state index in [1.807, 2.05) is 13.0 Å². The Labute approximate surface area is 117 Å². The quantitative estimate of drug-likeness (QED) is 0.927. The number of hydrogen-bond acceptors (Lipinski definition) is 3. The highest BCUT2D eigenvalue weighted by Gasteiger charge is 2.22. The van der Waals surface area contributed by atoms with Crippen molar-refractivity contribution in [2.75, 3.05) is 0 Å². The van der Waals surface area contributed by atoms with Gasteiger partial charge >= 0.3 is 5.97 Å². The molecule has 1 unspecified atom stereocenters. The highest BCUT2D eigenvalue weighted by molar-refractivity contribution is 5.73. The van der Waals surface area contributed by atoms with Crippen molar-refractivity contribution in [2.24, 2.45) is 0 Å². The number of hydrogen-bond donors (Lipinski definition) is 1. The van der Waals surface area contributed by atoms with Crippen molar-refractivity contribution in [2.45, 2.75) is 38.6 Å². The third-order valence-corrected chi connectivity index (χ3v) is 3.94. The van der Waals surface area contributed by atoms with Gasteiger partial charge in [-0.3, -0.25) is 0 Å². The number of aromatic nitrogens is 3. The van der Waals surface area contributed by atoms with Gasteiger partial charge in [0.1, 0.15) is 0 Å². The molecule has 0 spiro atoms. The van der Waals surface area contributed by atoms with Crippen molar-refractivity contribution in [1.29, 1.82) is 0 Å². The SMILES string of the molecule is CCC(C(=O)O)n1nncc1-c1ccc2c(c1)CCC2. The van der Waals surface area contributed by atoms with E-state index in [2.05, 4.69) is 22.4 Å². The van der Waals surface area contributed by atoms with Crippen LogP contribution in [0.5, 0.6) is 0 Å². The van der Waals surface area contributed by atoms with Gasteiger partial charge in [-0.25, -0.2) is 9.48 Å². The number of benzene rings is 1. The van der Waals surface area contributed by atoms with Gasteiger partial charge in [0.05, 0.1) is 11.9 Å². The van der Waals surface area contributed by atoms with Gasteiger partial charge in [0.2, 0.25) is 0 Å².